The SMILES string of the molecule is c1ccc(-c2ccccc2-c2cccc3sc4cc(-n5c6ccccc6c6cc(-c7ccc8c(c7)c7ccccc7n8-c7ccccc7)ccc65)ccc4c23)cc1. The van der Waals surface area contributed by atoms with Crippen LogP contribution in [0.1, 0.15) is 0 Å². The van der Waals surface area contributed by atoms with Gasteiger partial charge in [0, 0.05) is 53.1 Å². The maximum Gasteiger partial charge on any atom is 0.0541 e. The quantitative estimate of drug-likeness (QED) is 0.166. The minimum Gasteiger partial charge on any atom is -0.309 e. The first-order valence-electron chi connectivity index (χ1n) is 19.5. The van der Waals surface area contributed by atoms with Gasteiger partial charge in [0.05, 0.1) is 22.1 Å². The Morgan fingerprint density at radius 3 is 1.51 bits per heavy atom. The van der Waals surface area contributed by atoms with Gasteiger partial charge in [-0.25, -0.2) is 0 Å². The summed E-state index contributed by atoms with van der Waals surface area (Å²) in [6, 6.07) is 75.5. The lowest BCUT2D eigenvalue weighted by atomic mass is 9.92. The molecule has 0 aliphatic rings. The van der Waals surface area contributed by atoms with Crippen LogP contribution in [0.15, 0.2) is 206 Å². The van der Waals surface area contributed by atoms with E-state index in [9.17, 15) is 0 Å². The fourth-order valence-electron chi connectivity index (χ4n) is 9.20. The van der Waals surface area contributed by atoms with Crippen LogP contribution in [0.2, 0.25) is 0 Å². The molecule has 9 aromatic carbocycles. The highest BCUT2D eigenvalue weighted by Gasteiger charge is 2.18. The lowest BCUT2D eigenvalue weighted by Crippen LogP contribution is -1.93. The minimum absolute atomic E-state index is 1.17. The largest absolute Gasteiger partial charge is 0.309 e. The molecule has 12 rings (SSSR count). The summed E-state index contributed by atoms with van der Waals surface area (Å²) < 4.78 is 7.42. The van der Waals surface area contributed by atoms with Crippen LogP contribution in [-0.2, 0) is 0 Å². The van der Waals surface area contributed by atoms with E-state index in [0.717, 1.165) is 0 Å². The molecule has 0 aliphatic carbocycles. The van der Waals surface area contributed by atoms with Crippen molar-refractivity contribution in [3.8, 4) is 44.8 Å². The van der Waals surface area contributed by atoms with E-state index in [0.29, 0.717) is 0 Å². The number of aromatic nitrogens is 2. The topological polar surface area (TPSA) is 9.86 Å². The predicted octanol–water partition coefficient (Wildman–Crippen LogP) is 15.2. The first-order valence-corrected chi connectivity index (χ1v) is 20.3. The zero-order valence-electron chi connectivity index (χ0n) is 30.9. The Labute approximate surface area is 333 Å². The van der Waals surface area contributed by atoms with Crippen LogP contribution >= 0.6 is 11.3 Å². The fourth-order valence-corrected chi connectivity index (χ4v) is 10.4. The molecule has 0 spiro atoms. The van der Waals surface area contributed by atoms with E-state index in [1.54, 1.807) is 0 Å². The number of hydrogen-bond acceptors (Lipinski definition) is 1. The Kier molecular flexibility index (Phi) is 7.13. The van der Waals surface area contributed by atoms with Crippen LogP contribution < -0.4 is 0 Å². The first kappa shape index (κ1) is 32.1. The van der Waals surface area contributed by atoms with Gasteiger partial charge in [0.1, 0.15) is 0 Å². The van der Waals surface area contributed by atoms with E-state index < -0.39 is 0 Å². The molecule has 3 aromatic heterocycles. The van der Waals surface area contributed by atoms with Gasteiger partial charge in [-0.15, -0.1) is 11.3 Å². The molecule has 266 valence electrons. The van der Waals surface area contributed by atoms with Gasteiger partial charge in [0.25, 0.3) is 0 Å². The Bertz CT molecular complexity index is 3510. The summed E-state index contributed by atoms with van der Waals surface area (Å²) in [5.74, 6) is 0. The van der Waals surface area contributed by atoms with Crippen LogP contribution in [0.5, 0.6) is 0 Å². The summed E-state index contributed by atoms with van der Waals surface area (Å²) in [5.41, 5.74) is 14.7. The van der Waals surface area contributed by atoms with Crippen LogP contribution in [0, 0.1) is 0 Å². The van der Waals surface area contributed by atoms with Gasteiger partial charge in [-0.05, 0) is 100 Å². The van der Waals surface area contributed by atoms with Crippen molar-refractivity contribution in [3.05, 3.63) is 206 Å². The van der Waals surface area contributed by atoms with Crippen LogP contribution in [0.3, 0.4) is 0 Å². The Morgan fingerprint density at radius 1 is 0.281 bits per heavy atom. The molecule has 0 unspecified atom stereocenters. The molecule has 0 radical (unpaired) electrons. The monoisotopic (exact) mass is 742 g/mol. The summed E-state index contributed by atoms with van der Waals surface area (Å²) in [6.07, 6.45) is 0. The molecule has 12 aromatic rings. The fraction of sp³-hybridized carbons (Fsp3) is 0. The number of hydrogen-bond donors (Lipinski definition) is 0. The molecule has 3 heteroatoms. The smallest absolute Gasteiger partial charge is 0.0541 e. The Morgan fingerprint density at radius 2 is 0.825 bits per heavy atom. The van der Waals surface area contributed by atoms with E-state index in [4.69, 9.17) is 0 Å². The van der Waals surface area contributed by atoms with Crippen LogP contribution in [-0.4, -0.2) is 9.13 Å². The molecule has 0 saturated carbocycles. The van der Waals surface area contributed by atoms with Crippen molar-refractivity contribution in [2.45, 2.75) is 0 Å². The second kappa shape index (κ2) is 12.7. The number of nitrogens with zero attached hydrogens (tertiary/aromatic N) is 2. The molecular formula is C54H34N2S. The maximum absolute atomic E-state index is 2.45. The third-order valence-electron chi connectivity index (χ3n) is 11.7. The van der Waals surface area contributed by atoms with E-state index in [-0.39, 0.29) is 0 Å². The summed E-state index contributed by atoms with van der Waals surface area (Å²) in [4.78, 5) is 0. The predicted molar refractivity (Wildman–Crippen MR) is 244 cm³/mol. The van der Waals surface area contributed by atoms with Gasteiger partial charge in [-0.1, -0.05) is 140 Å². The number of fused-ring (bicyclic) bond motifs is 9. The lowest BCUT2D eigenvalue weighted by molar-refractivity contribution is 1.18. The zero-order valence-corrected chi connectivity index (χ0v) is 31.7. The van der Waals surface area contributed by atoms with Crippen molar-refractivity contribution >= 4 is 75.1 Å². The second-order valence-electron chi connectivity index (χ2n) is 14.9. The molecule has 57 heavy (non-hydrogen) atoms. The molecule has 0 fully saturated rings. The molecule has 3 heterocycles. The summed E-state index contributed by atoms with van der Waals surface area (Å²) in [6.45, 7) is 0. The minimum atomic E-state index is 1.17. The third-order valence-corrected chi connectivity index (χ3v) is 12.9. The molecule has 0 N–H and O–H groups in total. The molecule has 0 atom stereocenters. The van der Waals surface area contributed by atoms with Gasteiger partial charge >= 0.3 is 0 Å². The maximum atomic E-state index is 2.45. The number of rotatable bonds is 5. The highest BCUT2D eigenvalue weighted by Crippen LogP contribution is 2.44. The molecular weight excluding hydrogens is 709 g/mol. The number of thiophene rings is 1. The van der Waals surface area contributed by atoms with Gasteiger partial charge in [0.2, 0.25) is 0 Å². The molecule has 2 nitrogen and oxygen atoms in total. The van der Waals surface area contributed by atoms with Gasteiger partial charge in [-0.2, -0.15) is 0 Å². The van der Waals surface area contributed by atoms with Crippen molar-refractivity contribution in [1.29, 1.82) is 0 Å². The summed E-state index contributed by atoms with van der Waals surface area (Å²) in [5, 5.41) is 7.66. The normalized spacial score (nSPS) is 11.9. The summed E-state index contributed by atoms with van der Waals surface area (Å²) >= 11 is 1.88. The molecule has 0 amide bonds. The second-order valence-corrected chi connectivity index (χ2v) is 16.0. The van der Waals surface area contributed by atoms with Gasteiger partial charge in [0.15, 0.2) is 0 Å². The third kappa shape index (κ3) is 4.96. The van der Waals surface area contributed by atoms with Crippen molar-refractivity contribution in [2.24, 2.45) is 0 Å². The van der Waals surface area contributed by atoms with E-state index in [2.05, 4.69) is 215 Å². The number of benzene rings is 9. The van der Waals surface area contributed by atoms with E-state index in [1.165, 1.54) is 109 Å². The number of para-hydroxylation sites is 3. The van der Waals surface area contributed by atoms with Crippen molar-refractivity contribution in [3.63, 3.8) is 0 Å². The highest BCUT2D eigenvalue weighted by atomic mass is 32.1. The highest BCUT2D eigenvalue weighted by molar-refractivity contribution is 7.26. The van der Waals surface area contributed by atoms with Crippen LogP contribution in [0.4, 0.5) is 0 Å². The van der Waals surface area contributed by atoms with Gasteiger partial charge < -0.3 is 9.13 Å². The van der Waals surface area contributed by atoms with Gasteiger partial charge in [-0.3, -0.25) is 0 Å². The van der Waals surface area contributed by atoms with Crippen molar-refractivity contribution in [1.82, 2.24) is 9.13 Å². The first-order chi connectivity index (χ1) is 28.3. The molecule has 0 aliphatic heterocycles. The average molecular weight is 743 g/mol. The lowest BCUT2D eigenvalue weighted by Gasteiger charge is -2.12. The molecule has 0 saturated heterocycles. The Hall–Kier alpha value is -7.20. The van der Waals surface area contributed by atoms with E-state index in [1.807, 2.05) is 11.3 Å². The van der Waals surface area contributed by atoms with Crippen molar-refractivity contribution in [2.75, 3.05) is 0 Å². The van der Waals surface area contributed by atoms with Crippen LogP contribution in [0.25, 0.3) is 109 Å². The standard InChI is InChI=1S/C54H34N2S/c1-3-14-35(15-4-1)40-18-7-8-19-41(40)44-22-13-25-52-54(44)45-29-28-39(34-53(45)57-52)56-49-24-12-10-21-43(49)47-33-37(27-31-51(47)56)36-26-30-50-46(32-36)42-20-9-11-23-48(42)55(50)38-16-5-2-6-17-38/h1-34H. The average Bonchev–Trinajstić information content (AvgIpc) is 3.94. The van der Waals surface area contributed by atoms with Crippen molar-refractivity contribution < 1.29 is 0 Å². The Balaban J connectivity index is 1.00. The van der Waals surface area contributed by atoms with E-state index >= 15 is 0 Å². The summed E-state index contributed by atoms with van der Waals surface area (Å²) in [7, 11) is 0. The molecule has 0 bridgehead atoms. The zero-order chi connectivity index (χ0) is 37.5.